The van der Waals surface area contributed by atoms with E-state index in [1.807, 2.05) is 48.5 Å². The third-order valence-corrected chi connectivity index (χ3v) is 13.8. The van der Waals surface area contributed by atoms with Gasteiger partial charge in [0.25, 0.3) is 0 Å². The Labute approximate surface area is 591 Å². The highest BCUT2D eigenvalue weighted by Crippen LogP contribution is 2.44. The van der Waals surface area contributed by atoms with Gasteiger partial charge >= 0.3 is 12.1 Å². The Morgan fingerprint density at radius 2 is 0.550 bits per heavy atom. The number of hydrogen-bond acceptors (Lipinski definition) is 28. The zero-order valence-corrected chi connectivity index (χ0v) is 59.2. The molecule has 0 unspecified atom stereocenters. The predicted molar refractivity (Wildman–Crippen MR) is 363 cm³/mol. The second-order valence-electron chi connectivity index (χ2n) is 21.3. The van der Waals surface area contributed by atoms with E-state index in [1.165, 1.54) is 0 Å². The van der Waals surface area contributed by atoms with E-state index in [4.69, 9.17) is 118 Å². The first-order chi connectivity index (χ1) is 49.5. The highest BCUT2D eigenvalue weighted by Gasteiger charge is 2.30. The maximum absolute atomic E-state index is 12.6. The number of carbonyl (C=O) groups excluding carboxylic acids is 2. The molecule has 2 amide bonds. The first kappa shape index (κ1) is 89.9. The molecule has 1 aliphatic carbocycles. The molecule has 2 aromatic rings. The van der Waals surface area contributed by atoms with Crippen LogP contribution in [0.5, 0.6) is 0 Å². The fraction of sp³-hybridized carbons (Fsp3) is 0.783. The number of amides is 2. The van der Waals surface area contributed by atoms with Gasteiger partial charge in [0.05, 0.1) is 311 Å². The van der Waals surface area contributed by atoms with Gasteiger partial charge in [-0.25, -0.2) is 9.59 Å². The molecule has 31 heteroatoms. The van der Waals surface area contributed by atoms with Crippen LogP contribution in [0.4, 0.5) is 4.79 Å². The van der Waals surface area contributed by atoms with Crippen LogP contribution in [0.15, 0.2) is 48.5 Å². The fourth-order valence-corrected chi connectivity index (χ4v) is 8.75. The molecule has 578 valence electrons. The fourth-order valence-electron chi connectivity index (χ4n) is 8.75. The van der Waals surface area contributed by atoms with Gasteiger partial charge in [-0.2, -0.15) is 0 Å². The molecule has 0 aromatic heterocycles. The largest absolute Gasteiger partial charge is 0.480 e. The quantitative estimate of drug-likeness (QED) is 0.0802. The molecule has 2 aromatic carbocycles. The summed E-state index contributed by atoms with van der Waals surface area (Å²) in [6.45, 7) is 22.2. The predicted octanol–water partition coefficient (Wildman–Crippen LogP) is 2.90. The Bertz CT molecular complexity index is 2100. The zero-order chi connectivity index (χ0) is 71.0. The Kier molecular flexibility index (Phi) is 63.3. The number of carboxylic acid groups (broad SMARTS) is 1. The van der Waals surface area contributed by atoms with Crippen molar-refractivity contribution in [2.75, 3.05) is 331 Å². The summed E-state index contributed by atoms with van der Waals surface area (Å²) >= 11 is 0. The summed E-state index contributed by atoms with van der Waals surface area (Å²) in [4.78, 5) is 36.8. The van der Waals surface area contributed by atoms with Crippen molar-refractivity contribution in [3.8, 4) is 11.1 Å². The van der Waals surface area contributed by atoms with Crippen molar-refractivity contribution in [1.29, 1.82) is 0 Å². The minimum atomic E-state index is -1.29. The SMILES string of the molecule is COCCOCCOCCOCCOCCOCCOCCOCCOCCOCCOCCOCCOCCOCCOCCOCCOCCOCCOCCOCCOCCOCCOCCOCCNC(=O)CC[C@H](NC(=O)OCC1c2ccccc2-c2ccccc21)C(=O)O. The van der Waals surface area contributed by atoms with E-state index in [9.17, 15) is 19.5 Å². The van der Waals surface area contributed by atoms with Crippen LogP contribution in [-0.2, 0) is 128 Å². The van der Waals surface area contributed by atoms with Gasteiger partial charge < -0.3 is 134 Å². The van der Waals surface area contributed by atoms with Crippen LogP contribution in [0, 0.1) is 0 Å². The zero-order valence-electron chi connectivity index (χ0n) is 59.2. The number of hydrogen-bond donors (Lipinski definition) is 3. The summed E-state index contributed by atoms with van der Waals surface area (Å²) in [7, 11) is 1.64. The van der Waals surface area contributed by atoms with E-state index in [0.29, 0.717) is 304 Å². The lowest BCUT2D eigenvalue weighted by molar-refractivity contribution is -0.139. The molecule has 1 aliphatic rings. The van der Waals surface area contributed by atoms with Crippen molar-refractivity contribution in [3.63, 3.8) is 0 Å². The number of fused-ring (bicyclic) bond motifs is 3. The Morgan fingerprint density at radius 3 is 0.780 bits per heavy atom. The number of aliphatic carboxylic acids is 1. The lowest BCUT2D eigenvalue weighted by Crippen LogP contribution is -2.42. The van der Waals surface area contributed by atoms with Crippen LogP contribution < -0.4 is 10.6 Å². The summed E-state index contributed by atoms with van der Waals surface area (Å²) in [5, 5.41) is 14.7. The van der Waals surface area contributed by atoms with E-state index < -0.39 is 18.1 Å². The second kappa shape index (κ2) is 70.4. The van der Waals surface area contributed by atoms with Crippen molar-refractivity contribution in [2.24, 2.45) is 0 Å². The maximum Gasteiger partial charge on any atom is 0.407 e. The van der Waals surface area contributed by atoms with Crippen LogP contribution in [0.1, 0.15) is 29.9 Å². The van der Waals surface area contributed by atoms with E-state index in [1.54, 1.807) is 7.11 Å². The molecule has 0 aliphatic heterocycles. The first-order valence-electron chi connectivity index (χ1n) is 34.9. The van der Waals surface area contributed by atoms with E-state index in [0.717, 1.165) is 22.3 Å². The van der Waals surface area contributed by atoms with Crippen molar-refractivity contribution in [1.82, 2.24) is 10.6 Å². The van der Waals surface area contributed by atoms with Crippen molar-refractivity contribution in [3.05, 3.63) is 59.7 Å². The van der Waals surface area contributed by atoms with Crippen molar-refractivity contribution < 1.29 is 138 Å². The molecule has 3 rings (SSSR count). The number of ether oxygens (including phenoxy) is 25. The summed E-state index contributed by atoms with van der Waals surface area (Å²) in [6, 6.07) is 14.6. The highest BCUT2D eigenvalue weighted by molar-refractivity contribution is 5.82. The van der Waals surface area contributed by atoms with Crippen molar-refractivity contribution >= 4 is 18.0 Å². The molecule has 0 saturated carbocycles. The van der Waals surface area contributed by atoms with Crippen LogP contribution in [0.2, 0.25) is 0 Å². The summed E-state index contributed by atoms with van der Waals surface area (Å²) in [5.74, 6) is -1.78. The Balaban J connectivity index is 0.875. The smallest absolute Gasteiger partial charge is 0.407 e. The topological polar surface area (TPSA) is 326 Å². The third kappa shape index (κ3) is 54.4. The first-order valence-corrected chi connectivity index (χ1v) is 34.9. The number of methoxy groups -OCH3 is 1. The summed E-state index contributed by atoms with van der Waals surface area (Å²) in [5.41, 5.74) is 4.26. The van der Waals surface area contributed by atoms with E-state index >= 15 is 0 Å². The molecule has 100 heavy (non-hydrogen) atoms. The summed E-state index contributed by atoms with van der Waals surface area (Å²) < 4.78 is 137. The molecular formula is C69H118N2O29. The average molecular weight is 1440 g/mol. The minimum Gasteiger partial charge on any atom is -0.480 e. The number of rotatable bonds is 79. The number of carboxylic acids is 1. The molecule has 0 heterocycles. The number of carbonyl (C=O) groups is 3. The van der Waals surface area contributed by atoms with E-state index in [-0.39, 0.29) is 44.4 Å². The number of nitrogens with one attached hydrogen (secondary N) is 2. The average Bonchev–Trinajstić information content (AvgIpc) is 1.62. The second-order valence-corrected chi connectivity index (χ2v) is 21.3. The normalized spacial score (nSPS) is 12.3. The monoisotopic (exact) mass is 1440 g/mol. The molecule has 0 saturated heterocycles. The van der Waals surface area contributed by atoms with Gasteiger partial charge in [-0.1, -0.05) is 48.5 Å². The van der Waals surface area contributed by atoms with Crippen LogP contribution in [0.25, 0.3) is 11.1 Å². The molecule has 31 nitrogen and oxygen atoms in total. The number of benzene rings is 2. The van der Waals surface area contributed by atoms with Gasteiger partial charge in [0, 0.05) is 26.0 Å². The molecule has 0 fully saturated rings. The Morgan fingerprint density at radius 1 is 0.330 bits per heavy atom. The lowest BCUT2D eigenvalue weighted by Gasteiger charge is -2.17. The molecular weight excluding hydrogens is 1320 g/mol. The molecule has 0 bridgehead atoms. The standard InChI is InChI=1S/C69H118N2O29/c1-76-14-15-78-18-19-80-22-23-82-26-27-84-30-31-86-34-35-88-38-39-90-42-43-92-46-47-94-50-51-96-54-55-98-58-59-99-57-56-97-53-52-95-49-48-93-45-44-91-41-40-89-37-36-87-33-32-85-29-28-83-25-24-81-21-20-79-17-16-77-13-12-70-67(72)11-10-66(68(73)74)71-69(75)100-60-65-63-8-4-2-6-61(63)62-7-3-5-9-64(62)65/h2-9,65-66H,10-60H2,1H3,(H,70,72)(H,71,75)(H,73,74)/t66-/m0/s1. The van der Waals surface area contributed by atoms with Gasteiger partial charge in [0.2, 0.25) is 5.91 Å². The molecule has 0 radical (unpaired) electrons. The third-order valence-electron chi connectivity index (χ3n) is 13.8. The van der Waals surface area contributed by atoms with Gasteiger partial charge in [0.15, 0.2) is 0 Å². The van der Waals surface area contributed by atoms with Gasteiger partial charge in [-0.3, -0.25) is 4.79 Å². The lowest BCUT2D eigenvalue weighted by atomic mass is 9.98. The molecule has 3 N–H and O–H groups in total. The van der Waals surface area contributed by atoms with Crippen LogP contribution in [0.3, 0.4) is 0 Å². The number of alkyl carbamates (subject to hydrolysis) is 1. The Hall–Kier alpha value is -4.31. The van der Waals surface area contributed by atoms with Gasteiger partial charge in [-0.15, -0.1) is 0 Å². The van der Waals surface area contributed by atoms with Crippen molar-refractivity contribution in [2.45, 2.75) is 24.8 Å². The van der Waals surface area contributed by atoms with Crippen LogP contribution in [-0.4, -0.2) is 360 Å². The van der Waals surface area contributed by atoms with Gasteiger partial charge in [-0.05, 0) is 28.7 Å². The highest BCUT2D eigenvalue weighted by atomic mass is 16.6. The molecule has 0 spiro atoms. The van der Waals surface area contributed by atoms with E-state index in [2.05, 4.69) is 10.6 Å². The van der Waals surface area contributed by atoms with Crippen LogP contribution >= 0.6 is 0 Å². The van der Waals surface area contributed by atoms with Gasteiger partial charge in [0.1, 0.15) is 12.6 Å². The summed E-state index contributed by atoms with van der Waals surface area (Å²) in [6.07, 6.45) is -1.07. The molecule has 1 atom stereocenters. The maximum atomic E-state index is 12.6. The minimum absolute atomic E-state index is 0.0488.